The summed E-state index contributed by atoms with van der Waals surface area (Å²) < 4.78 is 0. The standard InChI is InChI=1S/C25H30N4O4/c26-17-9-11-18(12-10-17)27-22(30)8-3-1-2-5-16-6-4-7-19-20(16)15-29(25(19)33)21-13-14-23(31)28-24(21)32/h4,6-7,17-18,21H,1,3,8-15,26H2,(H,27,30)(H,28,31,32). The van der Waals surface area contributed by atoms with E-state index in [2.05, 4.69) is 22.5 Å². The quantitative estimate of drug-likeness (QED) is 0.355. The number of nitrogens with one attached hydrogen (secondary N) is 2. The van der Waals surface area contributed by atoms with Crippen LogP contribution in [-0.4, -0.2) is 46.7 Å². The summed E-state index contributed by atoms with van der Waals surface area (Å²) in [5.74, 6) is 5.39. The second-order valence-electron chi connectivity index (χ2n) is 9.07. The highest BCUT2D eigenvalue weighted by atomic mass is 16.2. The third kappa shape index (κ3) is 5.42. The van der Waals surface area contributed by atoms with Crippen molar-refractivity contribution in [1.29, 1.82) is 0 Å². The summed E-state index contributed by atoms with van der Waals surface area (Å²) in [4.78, 5) is 50.2. The summed E-state index contributed by atoms with van der Waals surface area (Å²) >= 11 is 0. The molecule has 3 aliphatic rings. The minimum atomic E-state index is -0.637. The first-order valence-corrected chi connectivity index (χ1v) is 11.7. The minimum Gasteiger partial charge on any atom is -0.353 e. The molecule has 1 aromatic rings. The Bertz CT molecular complexity index is 1020. The third-order valence-electron chi connectivity index (χ3n) is 6.65. The molecule has 8 nitrogen and oxygen atoms in total. The van der Waals surface area contributed by atoms with E-state index in [1.54, 1.807) is 12.1 Å². The Morgan fingerprint density at radius 2 is 1.94 bits per heavy atom. The topological polar surface area (TPSA) is 122 Å². The molecular formula is C25H30N4O4. The van der Waals surface area contributed by atoms with Gasteiger partial charge < -0.3 is 16.0 Å². The highest BCUT2D eigenvalue weighted by Crippen LogP contribution is 2.29. The van der Waals surface area contributed by atoms with E-state index in [0.29, 0.717) is 37.8 Å². The van der Waals surface area contributed by atoms with Crippen LogP contribution in [0.15, 0.2) is 18.2 Å². The van der Waals surface area contributed by atoms with Crippen LogP contribution in [0.2, 0.25) is 0 Å². The molecule has 0 spiro atoms. The average molecular weight is 451 g/mol. The second kappa shape index (κ2) is 10.2. The molecule has 4 N–H and O–H groups in total. The normalized spacial score (nSPS) is 24.6. The van der Waals surface area contributed by atoms with Gasteiger partial charge in [0, 0.05) is 49.0 Å². The molecular weight excluding hydrogens is 420 g/mol. The van der Waals surface area contributed by atoms with Crippen molar-refractivity contribution in [2.45, 2.75) is 82.5 Å². The van der Waals surface area contributed by atoms with Gasteiger partial charge in [-0.3, -0.25) is 24.5 Å². The van der Waals surface area contributed by atoms with E-state index in [1.807, 2.05) is 6.07 Å². The van der Waals surface area contributed by atoms with Gasteiger partial charge in [-0.25, -0.2) is 0 Å². The molecule has 2 heterocycles. The average Bonchev–Trinajstić information content (AvgIpc) is 3.12. The van der Waals surface area contributed by atoms with Crippen molar-refractivity contribution in [3.63, 3.8) is 0 Å². The number of fused-ring (bicyclic) bond motifs is 1. The molecule has 4 amide bonds. The minimum absolute atomic E-state index is 0.0587. The molecule has 0 radical (unpaired) electrons. The number of nitrogens with zero attached hydrogens (tertiary/aromatic N) is 1. The van der Waals surface area contributed by atoms with E-state index in [9.17, 15) is 19.2 Å². The number of piperidine rings is 1. The number of carbonyl (C=O) groups excluding carboxylic acids is 4. The summed E-state index contributed by atoms with van der Waals surface area (Å²) in [6.45, 7) is 0.304. The van der Waals surface area contributed by atoms with Crippen molar-refractivity contribution in [2.75, 3.05) is 0 Å². The molecule has 8 heteroatoms. The number of rotatable bonds is 5. The second-order valence-corrected chi connectivity index (χ2v) is 9.07. The van der Waals surface area contributed by atoms with Crippen LogP contribution >= 0.6 is 0 Å². The van der Waals surface area contributed by atoms with Crippen molar-refractivity contribution in [1.82, 2.24) is 15.5 Å². The molecule has 1 aliphatic carbocycles. The van der Waals surface area contributed by atoms with E-state index >= 15 is 0 Å². The lowest BCUT2D eigenvalue weighted by Crippen LogP contribution is -2.52. The van der Waals surface area contributed by atoms with Crippen LogP contribution in [0.5, 0.6) is 0 Å². The Balaban J connectivity index is 1.30. The Kier molecular flexibility index (Phi) is 7.09. The van der Waals surface area contributed by atoms with Crippen molar-refractivity contribution in [2.24, 2.45) is 5.73 Å². The van der Waals surface area contributed by atoms with Gasteiger partial charge in [0.15, 0.2) is 0 Å². The molecule has 0 aromatic heterocycles. The highest BCUT2D eigenvalue weighted by molar-refractivity contribution is 6.05. The summed E-state index contributed by atoms with van der Waals surface area (Å²) in [5.41, 5.74) is 8.04. The molecule has 1 saturated carbocycles. The highest BCUT2D eigenvalue weighted by Gasteiger charge is 2.39. The first-order chi connectivity index (χ1) is 15.9. The lowest BCUT2D eigenvalue weighted by atomic mass is 9.92. The van der Waals surface area contributed by atoms with Crippen LogP contribution in [0.4, 0.5) is 0 Å². The monoisotopic (exact) mass is 450 g/mol. The fraction of sp³-hybridized carbons (Fsp3) is 0.520. The lowest BCUT2D eigenvalue weighted by Gasteiger charge is -2.29. The number of nitrogens with two attached hydrogens (primary N) is 1. The fourth-order valence-corrected chi connectivity index (χ4v) is 4.76. The lowest BCUT2D eigenvalue weighted by molar-refractivity contribution is -0.137. The first-order valence-electron chi connectivity index (χ1n) is 11.7. The maximum Gasteiger partial charge on any atom is 0.255 e. The maximum absolute atomic E-state index is 12.9. The van der Waals surface area contributed by atoms with Crippen LogP contribution in [0.25, 0.3) is 0 Å². The molecule has 2 fully saturated rings. The molecule has 33 heavy (non-hydrogen) atoms. The molecule has 174 valence electrons. The molecule has 4 rings (SSSR count). The molecule has 0 bridgehead atoms. The van der Waals surface area contributed by atoms with Crippen molar-refractivity contribution in [3.8, 4) is 11.8 Å². The number of carbonyl (C=O) groups is 4. The Labute approximate surface area is 193 Å². The van der Waals surface area contributed by atoms with Gasteiger partial charge in [-0.1, -0.05) is 17.9 Å². The van der Waals surface area contributed by atoms with E-state index in [1.165, 1.54) is 4.90 Å². The first kappa shape index (κ1) is 23.0. The van der Waals surface area contributed by atoms with Crippen LogP contribution in [0.1, 0.15) is 79.3 Å². The predicted octanol–water partition coefficient (Wildman–Crippen LogP) is 1.36. The van der Waals surface area contributed by atoms with Gasteiger partial charge in [0.1, 0.15) is 6.04 Å². The number of amides is 4. The zero-order valence-corrected chi connectivity index (χ0v) is 18.7. The van der Waals surface area contributed by atoms with Gasteiger partial charge in [0.2, 0.25) is 17.7 Å². The van der Waals surface area contributed by atoms with E-state index in [0.717, 1.165) is 36.8 Å². The number of hydrogen-bond acceptors (Lipinski definition) is 5. The Hall–Kier alpha value is -3.18. The van der Waals surface area contributed by atoms with Gasteiger partial charge >= 0.3 is 0 Å². The van der Waals surface area contributed by atoms with E-state index < -0.39 is 11.9 Å². The van der Waals surface area contributed by atoms with Crippen LogP contribution in [0.3, 0.4) is 0 Å². The molecule has 1 unspecified atom stereocenters. The zero-order chi connectivity index (χ0) is 23.4. The number of benzene rings is 1. The van der Waals surface area contributed by atoms with E-state index in [4.69, 9.17) is 5.73 Å². The van der Waals surface area contributed by atoms with Crippen molar-refractivity contribution < 1.29 is 19.2 Å². The summed E-state index contributed by atoms with van der Waals surface area (Å²) in [7, 11) is 0. The van der Waals surface area contributed by atoms with Gasteiger partial charge in [0.25, 0.3) is 5.91 Å². The van der Waals surface area contributed by atoms with Crippen LogP contribution in [0, 0.1) is 11.8 Å². The fourth-order valence-electron chi connectivity index (χ4n) is 4.76. The molecule has 1 atom stereocenters. The van der Waals surface area contributed by atoms with Gasteiger partial charge in [0.05, 0.1) is 0 Å². The van der Waals surface area contributed by atoms with Crippen LogP contribution < -0.4 is 16.4 Å². The number of hydrogen-bond donors (Lipinski definition) is 3. The largest absolute Gasteiger partial charge is 0.353 e. The molecule has 2 aliphatic heterocycles. The number of imide groups is 1. The van der Waals surface area contributed by atoms with Gasteiger partial charge in [-0.2, -0.15) is 0 Å². The van der Waals surface area contributed by atoms with Crippen molar-refractivity contribution in [3.05, 3.63) is 34.9 Å². The Morgan fingerprint density at radius 1 is 1.15 bits per heavy atom. The molecule has 1 aromatic carbocycles. The van der Waals surface area contributed by atoms with Gasteiger partial charge in [-0.15, -0.1) is 0 Å². The maximum atomic E-state index is 12.9. The number of unbranched alkanes of at least 4 members (excludes halogenated alkanes) is 1. The van der Waals surface area contributed by atoms with Gasteiger partial charge in [-0.05, 0) is 56.2 Å². The molecule has 1 saturated heterocycles. The smallest absolute Gasteiger partial charge is 0.255 e. The SMILES string of the molecule is NC1CCC(NC(=O)CCCC#Cc2cccc3c2CN(C2CCC(=O)NC2=O)C3=O)CC1. The van der Waals surface area contributed by atoms with E-state index in [-0.39, 0.29) is 36.2 Å². The summed E-state index contributed by atoms with van der Waals surface area (Å²) in [5, 5.41) is 5.40. The Morgan fingerprint density at radius 3 is 2.70 bits per heavy atom. The predicted molar refractivity (Wildman–Crippen MR) is 122 cm³/mol. The summed E-state index contributed by atoms with van der Waals surface area (Å²) in [6, 6.07) is 5.27. The van der Waals surface area contributed by atoms with Crippen LogP contribution in [-0.2, 0) is 20.9 Å². The zero-order valence-electron chi connectivity index (χ0n) is 18.7. The summed E-state index contributed by atoms with van der Waals surface area (Å²) in [6.07, 6.45) is 6.06. The third-order valence-corrected chi connectivity index (χ3v) is 6.65. The van der Waals surface area contributed by atoms with Crippen molar-refractivity contribution >= 4 is 23.6 Å².